The van der Waals surface area contributed by atoms with E-state index >= 15 is 0 Å². The molecule has 0 spiro atoms. The summed E-state index contributed by atoms with van der Waals surface area (Å²) in [5, 5.41) is 11.2. The SMILES string of the molecule is OCCCc1ccc2[nH]c3ncccc3c2c1. The summed E-state index contributed by atoms with van der Waals surface area (Å²) in [6.45, 7) is 0.244. The predicted octanol–water partition coefficient (Wildman–Crippen LogP) is 2.64. The maximum Gasteiger partial charge on any atom is 0.138 e. The molecule has 3 nitrogen and oxygen atoms in total. The molecule has 0 radical (unpaired) electrons. The van der Waals surface area contributed by atoms with Crippen LogP contribution in [0.2, 0.25) is 0 Å². The van der Waals surface area contributed by atoms with Crippen molar-refractivity contribution in [2.45, 2.75) is 12.8 Å². The summed E-state index contributed by atoms with van der Waals surface area (Å²) in [4.78, 5) is 7.62. The first kappa shape index (κ1) is 10.3. The smallest absolute Gasteiger partial charge is 0.138 e. The highest BCUT2D eigenvalue weighted by atomic mass is 16.2. The maximum absolute atomic E-state index is 8.86. The van der Waals surface area contributed by atoms with Crippen molar-refractivity contribution in [1.29, 1.82) is 0 Å². The Morgan fingerprint density at radius 3 is 3.00 bits per heavy atom. The number of aryl methyl sites for hydroxylation is 1. The molecule has 17 heavy (non-hydrogen) atoms. The quantitative estimate of drug-likeness (QED) is 0.721. The first-order chi connectivity index (χ1) is 8.38. The number of aromatic amines is 1. The Hall–Kier alpha value is -1.87. The molecule has 2 aromatic heterocycles. The predicted molar refractivity (Wildman–Crippen MR) is 69.0 cm³/mol. The molecule has 1 aromatic carbocycles. The average molecular weight is 226 g/mol. The fourth-order valence-electron chi connectivity index (χ4n) is 2.21. The zero-order valence-corrected chi connectivity index (χ0v) is 9.48. The van der Waals surface area contributed by atoms with E-state index in [1.165, 1.54) is 10.9 Å². The van der Waals surface area contributed by atoms with E-state index in [2.05, 4.69) is 34.2 Å². The summed E-state index contributed by atoms with van der Waals surface area (Å²) >= 11 is 0. The van der Waals surface area contributed by atoms with Crippen LogP contribution in [0.1, 0.15) is 12.0 Å². The van der Waals surface area contributed by atoms with Gasteiger partial charge in [0.15, 0.2) is 0 Å². The van der Waals surface area contributed by atoms with Crippen LogP contribution >= 0.6 is 0 Å². The summed E-state index contributed by atoms with van der Waals surface area (Å²) in [5.41, 5.74) is 3.31. The van der Waals surface area contributed by atoms with E-state index in [4.69, 9.17) is 5.11 Å². The van der Waals surface area contributed by atoms with Gasteiger partial charge in [-0.15, -0.1) is 0 Å². The Morgan fingerprint density at radius 1 is 1.18 bits per heavy atom. The second-order valence-corrected chi connectivity index (χ2v) is 4.23. The Balaban J connectivity index is 2.16. The first-order valence-electron chi connectivity index (χ1n) is 5.84. The molecule has 0 fully saturated rings. The molecule has 0 atom stereocenters. The zero-order valence-electron chi connectivity index (χ0n) is 9.48. The number of rotatable bonds is 3. The van der Waals surface area contributed by atoms with Crippen LogP contribution in [0.15, 0.2) is 36.5 Å². The summed E-state index contributed by atoms with van der Waals surface area (Å²) in [6.07, 6.45) is 3.52. The monoisotopic (exact) mass is 226 g/mol. The number of hydrogen-bond donors (Lipinski definition) is 2. The van der Waals surface area contributed by atoms with Crippen LogP contribution in [0, 0.1) is 0 Å². The second kappa shape index (κ2) is 4.18. The fourth-order valence-corrected chi connectivity index (χ4v) is 2.21. The molecule has 3 heteroatoms. The lowest BCUT2D eigenvalue weighted by atomic mass is 10.1. The van der Waals surface area contributed by atoms with Crippen LogP contribution in [0.3, 0.4) is 0 Å². The Kier molecular flexibility index (Phi) is 2.53. The number of nitrogens with zero attached hydrogens (tertiary/aromatic N) is 1. The van der Waals surface area contributed by atoms with Gasteiger partial charge in [-0.05, 0) is 42.7 Å². The van der Waals surface area contributed by atoms with E-state index in [9.17, 15) is 0 Å². The minimum absolute atomic E-state index is 0.244. The van der Waals surface area contributed by atoms with Gasteiger partial charge in [-0.2, -0.15) is 0 Å². The van der Waals surface area contributed by atoms with Gasteiger partial charge < -0.3 is 10.1 Å². The van der Waals surface area contributed by atoms with E-state index in [-0.39, 0.29) is 6.61 Å². The number of hydrogen-bond acceptors (Lipinski definition) is 2. The number of pyridine rings is 1. The minimum Gasteiger partial charge on any atom is -0.396 e. The first-order valence-corrected chi connectivity index (χ1v) is 5.84. The number of aliphatic hydroxyl groups excluding tert-OH is 1. The van der Waals surface area contributed by atoms with E-state index < -0.39 is 0 Å². The van der Waals surface area contributed by atoms with Gasteiger partial charge in [-0.1, -0.05) is 6.07 Å². The van der Waals surface area contributed by atoms with Crippen LogP contribution in [0.25, 0.3) is 21.9 Å². The maximum atomic E-state index is 8.86. The van der Waals surface area contributed by atoms with Crippen LogP contribution < -0.4 is 0 Å². The van der Waals surface area contributed by atoms with Crippen LogP contribution in [0.5, 0.6) is 0 Å². The van der Waals surface area contributed by atoms with Crippen LogP contribution in [-0.4, -0.2) is 21.7 Å². The highest BCUT2D eigenvalue weighted by molar-refractivity contribution is 6.05. The molecule has 0 amide bonds. The Morgan fingerprint density at radius 2 is 2.12 bits per heavy atom. The number of aromatic nitrogens is 2. The van der Waals surface area contributed by atoms with Gasteiger partial charge in [0.05, 0.1) is 0 Å². The van der Waals surface area contributed by atoms with Crippen molar-refractivity contribution < 1.29 is 5.11 Å². The van der Waals surface area contributed by atoms with Gasteiger partial charge in [-0.25, -0.2) is 4.98 Å². The lowest BCUT2D eigenvalue weighted by molar-refractivity contribution is 0.288. The number of aliphatic hydroxyl groups is 1. The molecule has 0 bridgehead atoms. The van der Waals surface area contributed by atoms with Gasteiger partial charge in [0.25, 0.3) is 0 Å². The molecular weight excluding hydrogens is 212 g/mol. The summed E-state index contributed by atoms with van der Waals surface area (Å²) in [5.74, 6) is 0. The molecule has 3 aromatic rings. The molecule has 0 aliphatic heterocycles. The molecule has 86 valence electrons. The van der Waals surface area contributed by atoms with Crippen molar-refractivity contribution in [2.75, 3.05) is 6.61 Å². The van der Waals surface area contributed by atoms with Crippen LogP contribution in [0.4, 0.5) is 0 Å². The third-order valence-corrected chi connectivity index (χ3v) is 3.06. The third-order valence-electron chi connectivity index (χ3n) is 3.06. The van der Waals surface area contributed by atoms with Crippen molar-refractivity contribution >= 4 is 21.9 Å². The lowest BCUT2D eigenvalue weighted by Crippen LogP contribution is -1.88. The third kappa shape index (κ3) is 1.78. The van der Waals surface area contributed by atoms with Crippen molar-refractivity contribution in [3.05, 3.63) is 42.1 Å². The van der Waals surface area contributed by atoms with E-state index in [1.807, 2.05) is 6.07 Å². The largest absolute Gasteiger partial charge is 0.396 e. The van der Waals surface area contributed by atoms with Crippen molar-refractivity contribution in [3.63, 3.8) is 0 Å². The fraction of sp³-hybridized carbons (Fsp3) is 0.214. The average Bonchev–Trinajstić information content (AvgIpc) is 2.74. The van der Waals surface area contributed by atoms with Gasteiger partial charge >= 0.3 is 0 Å². The van der Waals surface area contributed by atoms with Gasteiger partial charge in [0, 0.05) is 29.1 Å². The Labute approximate surface area is 99.1 Å². The molecule has 3 rings (SSSR count). The molecule has 2 heterocycles. The van der Waals surface area contributed by atoms with E-state index in [0.29, 0.717) is 0 Å². The van der Waals surface area contributed by atoms with Crippen molar-refractivity contribution in [3.8, 4) is 0 Å². The standard InChI is InChI=1S/C14H14N2O/c17-8-2-3-10-5-6-13-12(9-10)11-4-1-7-15-14(11)16-13/h1,4-7,9,17H,2-3,8H2,(H,15,16). The van der Waals surface area contributed by atoms with Gasteiger partial charge in [0.2, 0.25) is 0 Å². The molecule has 0 aliphatic carbocycles. The van der Waals surface area contributed by atoms with Gasteiger partial charge in [-0.3, -0.25) is 0 Å². The summed E-state index contributed by atoms with van der Waals surface area (Å²) in [6, 6.07) is 10.4. The number of benzene rings is 1. The van der Waals surface area contributed by atoms with Crippen molar-refractivity contribution in [2.24, 2.45) is 0 Å². The summed E-state index contributed by atoms with van der Waals surface area (Å²) in [7, 11) is 0. The van der Waals surface area contributed by atoms with E-state index in [1.54, 1.807) is 6.20 Å². The molecular formula is C14H14N2O. The summed E-state index contributed by atoms with van der Waals surface area (Å²) < 4.78 is 0. The number of fused-ring (bicyclic) bond motifs is 3. The molecule has 0 aliphatic rings. The van der Waals surface area contributed by atoms with E-state index in [0.717, 1.165) is 29.4 Å². The molecule has 0 saturated heterocycles. The zero-order chi connectivity index (χ0) is 11.7. The Bertz CT molecular complexity index is 657. The second-order valence-electron chi connectivity index (χ2n) is 4.23. The number of H-pyrrole nitrogens is 1. The highest BCUT2D eigenvalue weighted by Crippen LogP contribution is 2.25. The van der Waals surface area contributed by atoms with Gasteiger partial charge in [0.1, 0.15) is 5.65 Å². The lowest BCUT2D eigenvalue weighted by Gasteiger charge is -1.99. The minimum atomic E-state index is 0.244. The molecule has 0 saturated carbocycles. The topological polar surface area (TPSA) is 48.9 Å². The van der Waals surface area contributed by atoms with Crippen molar-refractivity contribution in [1.82, 2.24) is 9.97 Å². The molecule has 0 unspecified atom stereocenters. The van der Waals surface area contributed by atoms with Crippen LogP contribution in [-0.2, 0) is 6.42 Å². The number of nitrogens with one attached hydrogen (secondary N) is 1. The molecule has 2 N–H and O–H groups in total. The highest BCUT2D eigenvalue weighted by Gasteiger charge is 2.04. The normalized spacial score (nSPS) is 11.4.